The van der Waals surface area contributed by atoms with E-state index < -0.39 is 11.9 Å². The molecule has 4 nitrogen and oxygen atoms in total. The highest BCUT2D eigenvalue weighted by Crippen LogP contribution is 2.13. The second-order valence-corrected chi connectivity index (χ2v) is 5.95. The highest BCUT2D eigenvalue weighted by molar-refractivity contribution is 7.99. The summed E-state index contributed by atoms with van der Waals surface area (Å²) >= 11 is 1.83. The first kappa shape index (κ1) is 18.2. The number of carbonyl (C=O) groups excluding carboxylic acids is 1. The van der Waals surface area contributed by atoms with Crippen LogP contribution in [0.4, 0.5) is 4.39 Å². The Morgan fingerprint density at radius 2 is 2.38 bits per heavy atom. The van der Waals surface area contributed by atoms with Crippen LogP contribution < -0.4 is 10.6 Å². The number of halogens is 2. The lowest BCUT2D eigenvalue weighted by Crippen LogP contribution is -2.41. The van der Waals surface area contributed by atoms with Crippen molar-refractivity contribution in [1.82, 2.24) is 10.6 Å². The summed E-state index contributed by atoms with van der Waals surface area (Å²) in [5.74, 6) is 1.52. The third-order valence-corrected chi connectivity index (χ3v) is 4.29. The predicted molar refractivity (Wildman–Crippen MR) is 85.4 cm³/mol. The van der Waals surface area contributed by atoms with Gasteiger partial charge in [0.1, 0.15) is 5.82 Å². The van der Waals surface area contributed by atoms with Gasteiger partial charge in [-0.15, -0.1) is 12.4 Å². The molecule has 1 aliphatic rings. The Kier molecular flexibility index (Phi) is 8.03. The molecule has 3 N–H and O–H groups in total. The maximum absolute atomic E-state index is 13.0. The summed E-state index contributed by atoms with van der Waals surface area (Å²) in [6.45, 7) is 1.02. The van der Waals surface area contributed by atoms with Gasteiger partial charge in [0.15, 0.2) is 0 Å². The summed E-state index contributed by atoms with van der Waals surface area (Å²) < 4.78 is 13.0. The fourth-order valence-electron chi connectivity index (χ4n) is 2.09. The van der Waals surface area contributed by atoms with Crippen LogP contribution in [-0.4, -0.2) is 41.7 Å². The van der Waals surface area contributed by atoms with Crippen molar-refractivity contribution < 1.29 is 14.3 Å². The van der Waals surface area contributed by atoms with Crippen LogP contribution >= 0.6 is 24.2 Å². The van der Waals surface area contributed by atoms with E-state index in [9.17, 15) is 14.3 Å². The molecule has 1 heterocycles. The second-order valence-electron chi connectivity index (χ2n) is 4.80. The summed E-state index contributed by atoms with van der Waals surface area (Å²) in [5, 5.41) is 15.9. The molecular weight excluding hydrogens is 315 g/mol. The van der Waals surface area contributed by atoms with Gasteiger partial charge in [-0.1, -0.05) is 12.1 Å². The molecule has 118 valence electrons. The number of benzene rings is 1. The SMILES string of the molecule is Cl.O=C(CC1CSCCN1)NCC(O)c1cccc(F)c1. The van der Waals surface area contributed by atoms with Crippen molar-refractivity contribution in [3.05, 3.63) is 35.6 Å². The van der Waals surface area contributed by atoms with Gasteiger partial charge < -0.3 is 15.7 Å². The number of aliphatic hydroxyl groups excluding tert-OH is 1. The molecule has 2 rings (SSSR count). The predicted octanol–water partition coefficient (Wildman–Crippen LogP) is 1.49. The topological polar surface area (TPSA) is 61.4 Å². The Balaban J connectivity index is 0.00000220. The van der Waals surface area contributed by atoms with Crippen LogP contribution in [0.2, 0.25) is 0 Å². The lowest BCUT2D eigenvalue weighted by molar-refractivity contribution is -0.121. The van der Waals surface area contributed by atoms with Gasteiger partial charge in [0.25, 0.3) is 0 Å². The Bertz CT molecular complexity index is 458. The van der Waals surface area contributed by atoms with Gasteiger partial charge in [0, 0.05) is 37.1 Å². The highest BCUT2D eigenvalue weighted by atomic mass is 35.5. The van der Waals surface area contributed by atoms with E-state index in [2.05, 4.69) is 10.6 Å². The molecule has 1 saturated heterocycles. The Morgan fingerprint density at radius 1 is 1.57 bits per heavy atom. The number of hydrogen-bond acceptors (Lipinski definition) is 4. The minimum Gasteiger partial charge on any atom is -0.387 e. The number of nitrogens with one attached hydrogen (secondary N) is 2. The maximum atomic E-state index is 13.0. The van der Waals surface area contributed by atoms with Gasteiger partial charge in [-0.25, -0.2) is 4.39 Å². The lowest BCUT2D eigenvalue weighted by atomic mass is 10.1. The van der Waals surface area contributed by atoms with Crippen LogP contribution in [0.25, 0.3) is 0 Å². The van der Waals surface area contributed by atoms with Gasteiger partial charge in [0.05, 0.1) is 6.10 Å². The van der Waals surface area contributed by atoms with Crippen molar-refractivity contribution in [1.29, 1.82) is 0 Å². The first-order valence-corrected chi connectivity index (χ1v) is 7.82. The second kappa shape index (κ2) is 9.25. The van der Waals surface area contributed by atoms with Gasteiger partial charge in [-0.05, 0) is 17.7 Å². The van der Waals surface area contributed by atoms with Crippen LogP contribution in [0, 0.1) is 5.82 Å². The quantitative estimate of drug-likeness (QED) is 0.763. The summed E-state index contributed by atoms with van der Waals surface area (Å²) in [6, 6.07) is 5.97. The average Bonchev–Trinajstić information content (AvgIpc) is 2.46. The third kappa shape index (κ3) is 6.22. The fourth-order valence-corrected chi connectivity index (χ4v) is 3.04. The van der Waals surface area contributed by atoms with Crippen LogP contribution in [-0.2, 0) is 4.79 Å². The summed E-state index contributed by atoms with van der Waals surface area (Å²) in [6.07, 6.45) is -0.480. The van der Waals surface area contributed by atoms with Crippen molar-refractivity contribution in [2.45, 2.75) is 18.6 Å². The van der Waals surface area contributed by atoms with E-state index in [1.807, 2.05) is 11.8 Å². The average molecular weight is 335 g/mol. The molecule has 1 fully saturated rings. The lowest BCUT2D eigenvalue weighted by Gasteiger charge is -2.22. The first-order chi connectivity index (χ1) is 9.65. The van der Waals surface area contributed by atoms with Gasteiger partial charge in [-0.3, -0.25) is 4.79 Å². The van der Waals surface area contributed by atoms with E-state index in [-0.39, 0.29) is 30.9 Å². The summed E-state index contributed by atoms with van der Waals surface area (Å²) in [5.41, 5.74) is 0.469. The van der Waals surface area contributed by atoms with Crippen LogP contribution in [0.1, 0.15) is 18.1 Å². The number of hydrogen-bond donors (Lipinski definition) is 3. The van der Waals surface area contributed by atoms with Crippen molar-refractivity contribution in [3.63, 3.8) is 0 Å². The highest BCUT2D eigenvalue weighted by Gasteiger charge is 2.17. The van der Waals surface area contributed by atoms with Crippen LogP contribution in [0.3, 0.4) is 0 Å². The zero-order chi connectivity index (χ0) is 14.4. The smallest absolute Gasteiger partial charge is 0.221 e. The molecule has 0 bridgehead atoms. The monoisotopic (exact) mass is 334 g/mol. The van der Waals surface area contributed by atoms with Crippen molar-refractivity contribution in [2.75, 3.05) is 24.6 Å². The first-order valence-electron chi connectivity index (χ1n) is 6.66. The van der Waals surface area contributed by atoms with E-state index in [0.717, 1.165) is 18.1 Å². The number of aliphatic hydroxyl groups is 1. The molecule has 0 aliphatic carbocycles. The number of amides is 1. The zero-order valence-corrected chi connectivity index (χ0v) is 13.2. The summed E-state index contributed by atoms with van der Waals surface area (Å²) in [7, 11) is 0. The minimum absolute atomic E-state index is 0. The van der Waals surface area contributed by atoms with Gasteiger partial charge >= 0.3 is 0 Å². The molecule has 1 aromatic rings. The van der Waals surface area contributed by atoms with Gasteiger partial charge in [0.2, 0.25) is 5.91 Å². The van der Waals surface area contributed by atoms with E-state index in [4.69, 9.17) is 0 Å². The van der Waals surface area contributed by atoms with Gasteiger partial charge in [-0.2, -0.15) is 11.8 Å². The molecule has 7 heteroatoms. The van der Waals surface area contributed by atoms with E-state index in [1.165, 1.54) is 12.1 Å². The van der Waals surface area contributed by atoms with Crippen molar-refractivity contribution in [2.24, 2.45) is 0 Å². The molecular formula is C14H20ClFN2O2S. The normalized spacial score (nSPS) is 19.4. The molecule has 2 unspecified atom stereocenters. The Hall–Kier alpha value is -0.820. The van der Waals surface area contributed by atoms with Crippen molar-refractivity contribution >= 4 is 30.1 Å². The number of thioether (sulfide) groups is 1. The molecule has 1 amide bonds. The molecule has 0 saturated carbocycles. The zero-order valence-electron chi connectivity index (χ0n) is 11.5. The van der Waals surface area contributed by atoms with E-state index >= 15 is 0 Å². The Morgan fingerprint density at radius 3 is 3.05 bits per heavy atom. The molecule has 21 heavy (non-hydrogen) atoms. The largest absolute Gasteiger partial charge is 0.387 e. The molecule has 2 atom stereocenters. The standard InChI is InChI=1S/C14H19FN2O2S.ClH/c15-11-3-1-2-10(6-11)13(18)8-17-14(19)7-12-9-20-5-4-16-12;/h1-3,6,12-13,16,18H,4-5,7-9H2,(H,17,19);1H. The van der Waals surface area contributed by atoms with Crippen molar-refractivity contribution in [3.8, 4) is 0 Å². The molecule has 0 aromatic heterocycles. The summed E-state index contributed by atoms with van der Waals surface area (Å²) in [4.78, 5) is 11.8. The molecule has 0 spiro atoms. The molecule has 1 aromatic carbocycles. The number of carbonyl (C=O) groups is 1. The van der Waals surface area contributed by atoms with E-state index in [1.54, 1.807) is 12.1 Å². The number of rotatable bonds is 5. The van der Waals surface area contributed by atoms with E-state index in [0.29, 0.717) is 12.0 Å². The molecule has 1 aliphatic heterocycles. The van der Waals surface area contributed by atoms with Crippen LogP contribution in [0.15, 0.2) is 24.3 Å². The minimum atomic E-state index is -0.886. The Labute approximate surface area is 134 Å². The fraction of sp³-hybridized carbons (Fsp3) is 0.500. The van der Waals surface area contributed by atoms with Crippen LogP contribution in [0.5, 0.6) is 0 Å². The third-order valence-electron chi connectivity index (χ3n) is 3.16. The molecule has 0 radical (unpaired) electrons. The maximum Gasteiger partial charge on any atom is 0.221 e.